The van der Waals surface area contributed by atoms with Crippen molar-refractivity contribution in [3.8, 4) is 11.3 Å². The van der Waals surface area contributed by atoms with Crippen LogP contribution in [-0.4, -0.2) is 17.0 Å². The van der Waals surface area contributed by atoms with Crippen molar-refractivity contribution >= 4 is 17.6 Å². The molecule has 0 saturated carbocycles. The Hall–Kier alpha value is -3.54. The van der Waals surface area contributed by atoms with E-state index in [0.29, 0.717) is 12.3 Å². The molecule has 2 aromatic carbocycles. The van der Waals surface area contributed by atoms with Crippen molar-refractivity contribution in [1.82, 2.24) is 5.32 Å². The second-order valence-corrected chi connectivity index (χ2v) is 5.75. The molecule has 0 aliphatic rings. The molecule has 3 aromatic rings. The van der Waals surface area contributed by atoms with Gasteiger partial charge in [-0.15, -0.1) is 0 Å². The summed E-state index contributed by atoms with van der Waals surface area (Å²) in [5.74, 6) is -0.428. The lowest BCUT2D eigenvalue weighted by atomic mass is 10.1. The van der Waals surface area contributed by atoms with E-state index in [1.807, 2.05) is 60.7 Å². The Morgan fingerprint density at radius 1 is 1.08 bits per heavy atom. The predicted molar refractivity (Wildman–Crippen MR) is 100 cm³/mol. The van der Waals surface area contributed by atoms with Gasteiger partial charge in [-0.05, 0) is 12.5 Å². The second kappa shape index (κ2) is 7.57. The Morgan fingerprint density at radius 3 is 2.31 bits per heavy atom. The molecule has 0 saturated heterocycles. The van der Waals surface area contributed by atoms with Crippen molar-refractivity contribution in [2.45, 2.75) is 13.5 Å². The first kappa shape index (κ1) is 17.3. The summed E-state index contributed by atoms with van der Waals surface area (Å²) in [6, 6.07) is 18.9. The fraction of sp³-hybridized carbons (Fsp3) is 0.100. The summed E-state index contributed by atoms with van der Waals surface area (Å²) in [6.45, 7) is 2.05. The van der Waals surface area contributed by atoms with E-state index in [-0.39, 0.29) is 23.0 Å². The van der Waals surface area contributed by atoms with Gasteiger partial charge in [-0.3, -0.25) is 5.41 Å². The molecule has 0 aliphatic carbocycles. The molecule has 1 aromatic heterocycles. The van der Waals surface area contributed by atoms with Crippen molar-refractivity contribution in [2.75, 3.05) is 5.32 Å². The largest absolute Gasteiger partial charge is 0.477 e. The van der Waals surface area contributed by atoms with Gasteiger partial charge in [0.05, 0.1) is 0 Å². The van der Waals surface area contributed by atoms with Crippen molar-refractivity contribution in [3.63, 3.8) is 0 Å². The second-order valence-electron chi connectivity index (χ2n) is 5.75. The summed E-state index contributed by atoms with van der Waals surface area (Å²) < 4.78 is 5.69. The van der Waals surface area contributed by atoms with Gasteiger partial charge < -0.3 is 20.2 Å². The minimum atomic E-state index is -1.10. The fourth-order valence-electron chi connectivity index (χ4n) is 2.67. The zero-order valence-electron chi connectivity index (χ0n) is 14.2. The van der Waals surface area contributed by atoms with Gasteiger partial charge in [0, 0.05) is 12.1 Å². The molecule has 0 unspecified atom stereocenters. The highest BCUT2D eigenvalue weighted by molar-refractivity contribution is 6.05. The van der Waals surface area contributed by atoms with E-state index < -0.39 is 5.97 Å². The first-order valence-electron chi connectivity index (χ1n) is 8.11. The number of hydrogen-bond acceptors (Lipinski definition) is 3. The zero-order valence-corrected chi connectivity index (χ0v) is 14.2. The average Bonchev–Trinajstić information content (AvgIpc) is 2.97. The molecule has 0 fully saturated rings. The van der Waals surface area contributed by atoms with Crippen LogP contribution in [0.5, 0.6) is 0 Å². The van der Waals surface area contributed by atoms with Crippen molar-refractivity contribution in [3.05, 3.63) is 77.6 Å². The lowest BCUT2D eigenvalue weighted by molar-refractivity contribution is 0.0696. The molecule has 0 aliphatic heterocycles. The van der Waals surface area contributed by atoms with Crippen LogP contribution in [-0.2, 0) is 6.54 Å². The van der Waals surface area contributed by atoms with Crippen molar-refractivity contribution in [2.24, 2.45) is 0 Å². The highest BCUT2D eigenvalue weighted by Crippen LogP contribution is 2.35. The van der Waals surface area contributed by atoms with Crippen LogP contribution in [0, 0.1) is 12.3 Å². The van der Waals surface area contributed by atoms with Gasteiger partial charge in [-0.25, -0.2) is 4.79 Å². The minimum Gasteiger partial charge on any atom is -0.477 e. The molecule has 3 rings (SSSR count). The minimum absolute atomic E-state index is 0.00525. The van der Waals surface area contributed by atoms with Crippen LogP contribution < -0.4 is 10.6 Å². The van der Waals surface area contributed by atoms with Gasteiger partial charge in [-0.1, -0.05) is 60.7 Å². The smallest absolute Gasteiger partial charge is 0.341 e. The molecule has 6 nitrogen and oxygen atoms in total. The lowest BCUT2D eigenvalue weighted by Crippen LogP contribution is -2.29. The Bertz CT molecular complexity index is 918. The highest BCUT2D eigenvalue weighted by Gasteiger charge is 2.24. The van der Waals surface area contributed by atoms with E-state index in [1.54, 1.807) is 6.92 Å². The Morgan fingerprint density at radius 2 is 1.69 bits per heavy atom. The number of carboxylic acid groups (broad SMARTS) is 1. The van der Waals surface area contributed by atoms with Crippen LogP contribution in [0.2, 0.25) is 0 Å². The number of aromatic carboxylic acids is 1. The van der Waals surface area contributed by atoms with Crippen LogP contribution in [0.3, 0.4) is 0 Å². The Kier molecular flexibility index (Phi) is 5.03. The number of rotatable bonds is 5. The van der Waals surface area contributed by atoms with Gasteiger partial charge in [0.2, 0.25) is 0 Å². The predicted octanol–water partition coefficient (Wildman–Crippen LogP) is 4.09. The van der Waals surface area contributed by atoms with Crippen LogP contribution in [0.4, 0.5) is 5.69 Å². The molecule has 0 bridgehead atoms. The maximum absolute atomic E-state index is 11.7. The standard InChI is InChI=1S/C20H19N3O3/c1-13-16(19(24)25)17(18(26-13)15-10-6-3-7-11-15)23-20(21)22-12-14-8-4-2-5-9-14/h2-11H,12H2,1H3,(H,24,25)(H3,21,22,23). The monoisotopic (exact) mass is 349 g/mol. The van der Waals surface area contributed by atoms with E-state index in [4.69, 9.17) is 9.83 Å². The van der Waals surface area contributed by atoms with E-state index in [0.717, 1.165) is 11.1 Å². The van der Waals surface area contributed by atoms with E-state index >= 15 is 0 Å². The Balaban J connectivity index is 1.85. The van der Waals surface area contributed by atoms with Crippen LogP contribution in [0.15, 0.2) is 65.1 Å². The third kappa shape index (κ3) is 3.75. The number of guanidine groups is 1. The molecule has 132 valence electrons. The summed E-state index contributed by atoms with van der Waals surface area (Å²) in [5, 5.41) is 23.4. The van der Waals surface area contributed by atoms with Gasteiger partial charge in [0.1, 0.15) is 17.0 Å². The molecular formula is C20H19N3O3. The molecule has 0 amide bonds. The van der Waals surface area contributed by atoms with E-state index in [9.17, 15) is 9.90 Å². The summed E-state index contributed by atoms with van der Waals surface area (Å²) >= 11 is 0. The topological polar surface area (TPSA) is 98.4 Å². The number of furan rings is 1. The summed E-state index contributed by atoms with van der Waals surface area (Å²) in [6.07, 6.45) is 0. The number of hydrogen-bond donors (Lipinski definition) is 4. The quantitative estimate of drug-likeness (QED) is 0.411. The zero-order chi connectivity index (χ0) is 18.5. The third-order valence-electron chi connectivity index (χ3n) is 3.90. The molecule has 4 N–H and O–H groups in total. The first-order chi connectivity index (χ1) is 12.6. The number of aryl methyl sites for hydroxylation is 1. The molecule has 6 heteroatoms. The molecule has 0 spiro atoms. The molecule has 26 heavy (non-hydrogen) atoms. The van der Waals surface area contributed by atoms with Crippen molar-refractivity contribution < 1.29 is 14.3 Å². The SMILES string of the molecule is Cc1oc(-c2ccccc2)c(NC(=N)NCc2ccccc2)c1C(=O)O. The first-order valence-corrected chi connectivity index (χ1v) is 8.11. The summed E-state index contributed by atoms with van der Waals surface area (Å²) in [5.41, 5.74) is 2.05. The number of anilines is 1. The van der Waals surface area contributed by atoms with E-state index in [2.05, 4.69) is 10.6 Å². The molecular weight excluding hydrogens is 330 g/mol. The number of benzene rings is 2. The molecule has 0 radical (unpaired) electrons. The lowest BCUT2D eigenvalue weighted by Gasteiger charge is -2.11. The Labute approximate surface area is 151 Å². The maximum Gasteiger partial charge on any atom is 0.341 e. The van der Waals surface area contributed by atoms with Gasteiger partial charge in [0.25, 0.3) is 0 Å². The van der Waals surface area contributed by atoms with Crippen LogP contribution in [0.25, 0.3) is 11.3 Å². The molecule has 1 heterocycles. The van der Waals surface area contributed by atoms with Crippen LogP contribution >= 0.6 is 0 Å². The number of carboxylic acids is 1. The summed E-state index contributed by atoms with van der Waals surface area (Å²) in [7, 11) is 0. The number of carbonyl (C=O) groups is 1. The fourth-order valence-corrected chi connectivity index (χ4v) is 2.67. The normalized spacial score (nSPS) is 10.3. The average molecular weight is 349 g/mol. The van der Waals surface area contributed by atoms with Gasteiger partial charge in [-0.2, -0.15) is 0 Å². The highest BCUT2D eigenvalue weighted by atomic mass is 16.4. The van der Waals surface area contributed by atoms with Crippen LogP contribution in [0.1, 0.15) is 21.7 Å². The van der Waals surface area contributed by atoms with Gasteiger partial charge in [0.15, 0.2) is 11.7 Å². The number of nitrogens with one attached hydrogen (secondary N) is 3. The van der Waals surface area contributed by atoms with Gasteiger partial charge >= 0.3 is 5.97 Å². The van der Waals surface area contributed by atoms with Crippen molar-refractivity contribution in [1.29, 1.82) is 5.41 Å². The molecule has 0 atom stereocenters. The maximum atomic E-state index is 11.7. The third-order valence-corrected chi connectivity index (χ3v) is 3.90. The van der Waals surface area contributed by atoms with E-state index in [1.165, 1.54) is 0 Å². The summed E-state index contributed by atoms with van der Waals surface area (Å²) in [4.78, 5) is 11.7.